The van der Waals surface area contributed by atoms with E-state index in [1.807, 2.05) is 0 Å². The van der Waals surface area contributed by atoms with E-state index in [0.717, 1.165) is 6.21 Å². The number of halogens is 1. The summed E-state index contributed by atoms with van der Waals surface area (Å²) in [6.07, 6.45) is 4.31. The van der Waals surface area contributed by atoms with Crippen molar-refractivity contribution < 1.29 is 23.2 Å². The molecule has 0 unspecified atom stereocenters. The van der Waals surface area contributed by atoms with E-state index in [-0.39, 0.29) is 18.8 Å². The Kier molecular flexibility index (Phi) is 4.29. The molecular formula is C17H14FN5O4. The van der Waals surface area contributed by atoms with Crippen LogP contribution in [-0.2, 0) is 4.74 Å². The van der Waals surface area contributed by atoms with Gasteiger partial charge < -0.3 is 24.0 Å². The number of hydrogen-bond donors (Lipinski definition) is 1. The Hall–Kier alpha value is -3.69. The number of cyclic esters (lactones) is 1. The maximum Gasteiger partial charge on any atom is 0.414 e. The molecule has 1 aliphatic rings. The maximum absolute atomic E-state index is 14.5. The molecule has 0 aliphatic carbocycles. The Morgan fingerprint density at radius 1 is 1.41 bits per heavy atom. The zero-order valence-electron chi connectivity index (χ0n) is 13.9. The molecule has 3 heterocycles. The highest BCUT2D eigenvalue weighted by atomic mass is 19.1. The molecule has 27 heavy (non-hydrogen) atoms. The molecule has 10 heteroatoms. The Morgan fingerprint density at radius 2 is 2.30 bits per heavy atom. The molecule has 0 bridgehead atoms. The molecule has 0 saturated carbocycles. The molecule has 9 nitrogen and oxygen atoms in total. The lowest BCUT2D eigenvalue weighted by molar-refractivity contribution is 0.102. The number of carbonyl (C=O) groups is 1. The van der Waals surface area contributed by atoms with Gasteiger partial charge in [0, 0.05) is 18.5 Å². The molecule has 1 aromatic carbocycles. The van der Waals surface area contributed by atoms with Gasteiger partial charge in [0.1, 0.15) is 25.0 Å². The van der Waals surface area contributed by atoms with Gasteiger partial charge in [0.2, 0.25) is 0 Å². The Morgan fingerprint density at radius 3 is 3.00 bits per heavy atom. The predicted octanol–water partition coefficient (Wildman–Crippen LogP) is 2.40. The second kappa shape index (κ2) is 6.90. The van der Waals surface area contributed by atoms with Crippen molar-refractivity contribution >= 4 is 18.0 Å². The topological polar surface area (TPSA) is 106 Å². The summed E-state index contributed by atoms with van der Waals surface area (Å²) in [6, 6.07) is 5.95. The normalized spacial score (nSPS) is 16.4. The third-order valence-electron chi connectivity index (χ3n) is 3.98. The Labute approximate surface area is 152 Å². The molecule has 138 valence electrons. The summed E-state index contributed by atoms with van der Waals surface area (Å²) in [5.41, 5.74) is 1.05. The number of amides is 1. The van der Waals surface area contributed by atoms with Gasteiger partial charge in [-0.3, -0.25) is 4.90 Å². The third-order valence-corrected chi connectivity index (χ3v) is 3.98. The molecule has 1 saturated heterocycles. The molecule has 1 amide bonds. The number of rotatable bonds is 6. The summed E-state index contributed by atoms with van der Waals surface area (Å²) >= 11 is 0. The third kappa shape index (κ3) is 3.36. The predicted molar refractivity (Wildman–Crippen MR) is 91.0 cm³/mol. The van der Waals surface area contributed by atoms with Gasteiger partial charge in [0.05, 0.1) is 23.6 Å². The number of ether oxygens (including phenoxy) is 2. The zero-order chi connectivity index (χ0) is 18.8. The van der Waals surface area contributed by atoms with Crippen LogP contribution < -0.4 is 9.64 Å². The highest BCUT2D eigenvalue weighted by molar-refractivity contribution is 5.89. The first-order valence-electron chi connectivity index (χ1n) is 8.00. The highest BCUT2D eigenvalue weighted by Gasteiger charge is 2.33. The minimum absolute atomic E-state index is 0.108. The molecule has 0 spiro atoms. The Bertz CT molecular complexity index is 972. The molecule has 1 atom stereocenters. The zero-order valence-corrected chi connectivity index (χ0v) is 13.9. The summed E-state index contributed by atoms with van der Waals surface area (Å²) in [6.45, 7) is 0.329. The van der Waals surface area contributed by atoms with Crippen LogP contribution in [0.25, 0.3) is 5.69 Å². The van der Waals surface area contributed by atoms with Crippen molar-refractivity contribution in [1.82, 2.24) is 14.7 Å². The van der Waals surface area contributed by atoms with Crippen molar-refractivity contribution in [1.29, 1.82) is 5.41 Å². The van der Waals surface area contributed by atoms with Gasteiger partial charge in [-0.15, -0.1) is 0 Å². The number of imidazole rings is 1. The van der Waals surface area contributed by atoms with Crippen LogP contribution in [0.3, 0.4) is 0 Å². The van der Waals surface area contributed by atoms with E-state index in [0.29, 0.717) is 17.3 Å². The van der Waals surface area contributed by atoms with E-state index < -0.39 is 18.0 Å². The summed E-state index contributed by atoms with van der Waals surface area (Å²) in [5, 5.41) is 10.8. The van der Waals surface area contributed by atoms with Crippen molar-refractivity contribution in [3.05, 3.63) is 54.6 Å². The van der Waals surface area contributed by atoms with Crippen LogP contribution in [0.1, 0.15) is 5.69 Å². The van der Waals surface area contributed by atoms with E-state index in [4.69, 9.17) is 14.9 Å². The van der Waals surface area contributed by atoms with Crippen molar-refractivity contribution in [2.45, 2.75) is 6.10 Å². The van der Waals surface area contributed by atoms with Crippen LogP contribution >= 0.6 is 0 Å². The molecule has 1 N–H and O–H groups in total. The van der Waals surface area contributed by atoms with Gasteiger partial charge in [0.25, 0.3) is 5.88 Å². The Balaban J connectivity index is 1.47. The quantitative estimate of drug-likeness (QED) is 0.667. The van der Waals surface area contributed by atoms with Crippen LogP contribution in [0, 0.1) is 11.2 Å². The molecule has 2 aromatic heterocycles. The first-order valence-corrected chi connectivity index (χ1v) is 8.00. The fourth-order valence-corrected chi connectivity index (χ4v) is 2.69. The number of benzene rings is 1. The molecule has 3 aromatic rings. The number of anilines is 1. The molecular weight excluding hydrogens is 357 g/mol. The summed E-state index contributed by atoms with van der Waals surface area (Å²) in [5.74, 6) is -0.235. The van der Waals surface area contributed by atoms with Gasteiger partial charge in [-0.25, -0.2) is 14.2 Å². The van der Waals surface area contributed by atoms with E-state index in [1.54, 1.807) is 12.1 Å². The van der Waals surface area contributed by atoms with Crippen LogP contribution in [0.5, 0.6) is 5.88 Å². The average Bonchev–Trinajstić information content (AvgIpc) is 3.41. The van der Waals surface area contributed by atoms with Gasteiger partial charge >= 0.3 is 6.09 Å². The summed E-state index contributed by atoms with van der Waals surface area (Å²) in [4.78, 5) is 17.4. The van der Waals surface area contributed by atoms with Crippen LogP contribution in [0.15, 0.2) is 47.6 Å². The van der Waals surface area contributed by atoms with E-state index in [2.05, 4.69) is 14.7 Å². The lowest BCUT2D eigenvalue weighted by Gasteiger charge is -2.14. The van der Waals surface area contributed by atoms with Crippen molar-refractivity contribution in [2.24, 2.45) is 0 Å². The standard InChI is InChI=1S/C17H14FN5O4/c18-14-5-12(1-2-15(14)22-7-11(6-19)20-10-22)23-8-13(27-17(23)24)9-25-16-3-4-26-21-16/h1-7,10,13,19H,8-9H2/t13-/m1/s1. The van der Waals surface area contributed by atoms with Crippen LogP contribution in [-0.4, -0.2) is 46.3 Å². The number of nitrogens with zero attached hydrogens (tertiary/aromatic N) is 4. The van der Waals surface area contributed by atoms with E-state index in [9.17, 15) is 9.18 Å². The maximum atomic E-state index is 14.5. The van der Waals surface area contributed by atoms with Gasteiger partial charge in [-0.2, -0.15) is 0 Å². The van der Waals surface area contributed by atoms with E-state index in [1.165, 1.54) is 40.4 Å². The SMILES string of the molecule is N=Cc1cn(-c2ccc(N3C[C@H](COc4ccon4)OC3=O)cc2F)cn1. The van der Waals surface area contributed by atoms with Gasteiger partial charge in [-0.05, 0) is 23.4 Å². The van der Waals surface area contributed by atoms with Crippen molar-refractivity contribution in [2.75, 3.05) is 18.1 Å². The van der Waals surface area contributed by atoms with Gasteiger partial charge in [0.15, 0.2) is 6.10 Å². The molecule has 1 aliphatic heterocycles. The number of aromatic nitrogens is 3. The fourth-order valence-electron chi connectivity index (χ4n) is 2.69. The fraction of sp³-hybridized carbons (Fsp3) is 0.176. The average molecular weight is 371 g/mol. The molecule has 4 rings (SSSR count). The first-order chi connectivity index (χ1) is 13.1. The van der Waals surface area contributed by atoms with Crippen molar-refractivity contribution in [3.8, 4) is 11.6 Å². The minimum Gasteiger partial charge on any atom is -0.471 e. The second-order valence-electron chi connectivity index (χ2n) is 5.75. The molecule has 1 fully saturated rings. The molecule has 0 radical (unpaired) electrons. The minimum atomic E-state index is -0.579. The van der Waals surface area contributed by atoms with E-state index >= 15 is 0 Å². The lowest BCUT2D eigenvalue weighted by Crippen LogP contribution is -2.26. The van der Waals surface area contributed by atoms with Crippen LogP contribution in [0.4, 0.5) is 14.9 Å². The summed E-state index contributed by atoms with van der Waals surface area (Å²) in [7, 11) is 0. The largest absolute Gasteiger partial charge is 0.471 e. The lowest BCUT2D eigenvalue weighted by atomic mass is 10.2. The van der Waals surface area contributed by atoms with Crippen LogP contribution in [0.2, 0.25) is 0 Å². The smallest absolute Gasteiger partial charge is 0.414 e. The second-order valence-corrected chi connectivity index (χ2v) is 5.75. The number of nitrogens with one attached hydrogen (secondary N) is 1. The number of hydrogen-bond acceptors (Lipinski definition) is 7. The van der Waals surface area contributed by atoms with Gasteiger partial charge in [-0.1, -0.05) is 0 Å². The highest BCUT2D eigenvalue weighted by Crippen LogP contribution is 2.26. The first kappa shape index (κ1) is 16.8. The summed E-state index contributed by atoms with van der Waals surface area (Å²) < 4.78 is 31.3. The van der Waals surface area contributed by atoms with Crippen molar-refractivity contribution in [3.63, 3.8) is 0 Å². The monoisotopic (exact) mass is 371 g/mol. The number of carbonyl (C=O) groups excluding carboxylic acids is 1.